The van der Waals surface area contributed by atoms with Gasteiger partial charge in [-0.3, -0.25) is 0 Å². The van der Waals surface area contributed by atoms with Gasteiger partial charge in [0, 0.05) is 25.1 Å². The van der Waals surface area contributed by atoms with Gasteiger partial charge in [0.05, 0.1) is 6.54 Å². The van der Waals surface area contributed by atoms with Gasteiger partial charge in [0.25, 0.3) is 0 Å². The third-order valence-corrected chi connectivity index (χ3v) is 4.36. The lowest BCUT2D eigenvalue weighted by Crippen LogP contribution is -2.30. The highest BCUT2D eigenvalue weighted by Crippen LogP contribution is 2.27. The van der Waals surface area contributed by atoms with Crippen LogP contribution in [0.4, 0.5) is 10.1 Å². The molecule has 1 aliphatic rings. The van der Waals surface area contributed by atoms with E-state index < -0.39 is 0 Å². The first-order valence-corrected chi connectivity index (χ1v) is 8.21. The molecule has 1 aromatic heterocycles. The summed E-state index contributed by atoms with van der Waals surface area (Å²) in [5, 5.41) is 0. The molecule has 122 valence electrons. The zero-order valence-corrected chi connectivity index (χ0v) is 13.6. The fourth-order valence-corrected chi connectivity index (χ4v) is 3.22. The van der Waals surface area contributed by atoms with Gasteiger partial charge in [-0.2, -0.15) is 0 Å². The Morgan fingerprint density at radius 2 is 2.00 bits per heavy atom. The average Bonchev–Trinajstić information content (AvgIpc) is 2.96. The summed E-state index contributed by atoms with van der Waals surface area (Å²) >= 11 is 0. The molecule has 0 radical (unpaired) electrons. The van der Waals surface area contributed by atoms with Crippen LogP contribution in [0.5, 0.6) is 0 Å². The maximum atomic E-state index is 13.7. The van der Waals surface area contributed by atoms with Crippen molar-refractivity contribution in [2.75, 3.05) is 11.4 Å². The molecule has 24 heavy (non-hydrogen) atoms. The Kier molecular flexibility index (Phi) is 3.81. The van der Waals surface area contributed by atoms with Gasteiger partial charge < -0.3 is 9.32 Å². The molecule has 4 heteroatoms. The molecule has 2 heterocycles. The Morgan fingerprint density at radius 1 is 1.17 bits per heavy atom. The van der Waals surface area contributed by atoms with Crippen molar-refractivity contribution in [2.24, 2.45) is 0 Å². The second-order valence-corrected chi connectivity index (χ2v) is 6.30. The zero-order valence-electron chi connectivity index (χ0n) is 13.6. The van der Waals surface area contributed by atoms with Crippen molar-refractivity contribution in [1.82, 2.24) is 4.98 Å². The van der Waals surface area contributed by atoms with E-state index in [4.69, 9.17) is 4.42 Å². The fraction of sp³-hybridized carbons (Fsp3) is 0.250. The number of fused-ring (bicyclic) bond motifs is 1. The normalized spacial score (nSPS) is 13.8. The predicted molar refractivity (Wildman–Crippen MR) is 91.6 cm³/mol. The molecule has 1 aliphatic heterocycles. The highest BCUT2D eigenvalue weighted by Gasteiger charge is 2.23. The summed E-state index contributed by atoms with van der Waals surface area (Å²) in [4.78, 5) is 6.82. The van der Waals surface area contributed by atoms with Crippen LogP contribution in [0, 0.1) is 12.7 Å². The van der Waals surface area contributed by atoms with E-state index in [0.29, 0.717) is 13.0 Å². The summed E-state index contributed by atoms with van der Waals surface area (Å²) in [6.45, 7) is 3.39. The van der Waals surface area contributed by atoms with Gasteiger partial charge in [-0.15, -0.1) is 0 Å². The molecule has 0 atom stereocenters. The molecular formula is C20H19FN2O. The van der Waals surface area contributed by atoms with Crippen molar-refractivity contribution in [3.05, 3.63) is 82.8 Å². The van der Waals surface area contributed by atoms with Crippen molar-refractivity contribution in [2.45, 2.75) is 26.3 Å². The molecule has 0 amide bonds. The van der Waals surface area contributed by atoms with Crippen LogP contribution in [0.3, 0.4) is 0 Å². The van der Waals surface area contributed by atoms with E-state index in [0.717, 1.165) is 41.6 Å². The number of aryl methyl sites for hydroxylation is 1. The van der Waals surface area contributed by atoms with Gasteiger partial charge in [0.15, 0.2) is 5.89 Å². The molecule has 4 rings (SSSR count). The van der Waals surface area contributed by atoms with E-state index in [1.165, 1.54) is 5.56 Å². The quantitative estimate of drug-likeness (QED) is 0.721. The first-order chi connectivity index (χ1) is 11.7. The van der Waals surface area contributed by atoms with Crippen LogP contribution >= 0.6 is 0 Å². The second kappa shape index (κ2) is 6.11. The van der Waals surface area contributed by atoms with E-state index in [1.807, 2.05) is 31.2 Å². The Hall–Kier alpha value is -2.62. The molecule has 0 unspecified atom stereocenters. The number of rotatable bonds is 3. The molecule has 3 nitrogen and oxygen atoms in total. The molecule has 0 aliphatic carbocycles. The number of hydrogen-bond acceptors (Lipinski definition) is 3. The maximum absolute atomic E-state index is 13.7. The smallest absolute Gasteiger partial charge is 0.199 e. The summed E-state index contributed by atoms with van der Waals surface area (Å²) in [6.07, 6.45) is 1.50. The third-order valence-electron chi connectivity index (χ3n) is 4.36. The van der Waals surface area contributed by atoms with Crippen molar-refractivity contribution in [3.63, 3.8) is 0 Å². The van der Waals surface area contributed by atoms with Crippen LogP contribution in [-0.4, -0.2) is 11.5 Å². The van der Waals surface area contributed by atoms with Crippen molar-refractivity contribution in [1.29, 1.82) is 0 Å². The number of hydrogen-bond donors (Lipinski definition) is 0. The van der Waals surface area contributed by atoms with Crippen LogP contribution in [0.1, 0.15) is 28.5 Å². The van der Waals surface area contributed by atoms with Crippen molar-refractivity contribution >= 4 is 5.69 Å². The summed E-state index contributed by atoms with van der Waals surface area (Å²) in [7, 11) is 0. The molecular weight excluding hydrogens is 303 g/mol. The van der Waals surface area contributed by atoms with Crippen LogP contribution in [-0.2, 0) is 19.4 Å². The van der Waals surface area contributed by atoms with E-state index in [9.17, 15) is 4.39 Å². The molecule has 0 bridgehead atoms. The van der Waals surface area contributed by atoms with Gasteiger partial charge in [0.1, 0.15) is 17.3 Å². The Bertz CT molecular complexity index is 837. The Balaban J connectivity index is 1.55. The van der Waals surface area contributed by atoms with Crippen LogP contribution in [0.25, 0.3) is 0 Å². The number of nitrogens with zero attached hydrogens (tertiary/aromatic N) is 2. The zero-order chi connectivity index (χ0) is 16.5. The molecule has 0 N–H and O–H groups in total. The Labute approximate surface area is 140 Å². The number of oxazole rings is 1. The number of anilines is 1. The lowest BCUT2D eigenvalue weighted by atomic mass is 10.1. The van der Waals surface area contributed by atoms with Gasteiger partial charge in [-0.25, -0.2) is 9.37 Å². The molecule has 2 aromatic carbocycles. The van der Waals surface area contributed by atoms with Gasteiger partial charge in [-0.05, 0) is 36.2 Å². The minimum atomic E-state index is -0.194. The lowest BCUT2D eigenvalue weighted by molar-refractivity contribution is 0.454. The van der Waals surface area contributed by atoms with E-state index in [2.05, 4.69) is 22.0 Å². The molecule has 0 saturated heterocycles. The predicted octanol–water partition coefficient (Wildman–Crippen LogP) is 4.28. The SMILES string of the molecule is Cc1cc(F)cc(N2CCc3oc(Cc4ccccc4)nc3C2)c1. The summed E-state index contributed by atoms with van der Waals surface area (Å²) in [5.74, 6) is 1.52. The van der Waals surface area contributed by atoms with Crippen molar-refractivity contribution in [3.8, 4) is 0 Å². The molecule has 0 saturated carbocycles. The summed E-state index contributed by atoms with van der Waals surface area (Å²) in [5.41, 5.74) is 3.99. The van der Waals surface area contributed by atoms with Crippen LogP contribution in [0.15, 0.2) is 52.9 Å². The lowest BCUT2D eigenvalue weighted by Gasteiger charge is -2.27. The molecule has 0 fully saturated rings. The molecule has 3 aromatic rings. The van der Waals surface area contributed by atoms with Gasteiger partial charge in [0.2, 0.25) is 0 Å². The summed E-state index contributed by atoms with van der Waals surface area (Å²) in [6, 6.07) is 15.3. The largest absolute Gasteiger partial charge is 0.445 e. The minimum Gasteiger partial charge on any atom is -0.445 e. The third kappa shape index (κ3) is 3.04. The number of aromatic nitrogens is 1. The van der Waals surface area contributed by atoms with Gasteiger partial charge in [-0.1, -0.05) is 30.3 Å². The minimum absolute atomic E-state index is 0.194. The standard InChI is InChI=1S/C20H19FN2O/c1-14-9-16(21)12-17(10-14)23-8-7-19-18(13-23)22-20(24-19)11-15-5-3-2-4-6-15/h2-6,9-10,12H,7-8,11,13H2,1H3. The fourth-order valence-electron chi connectivity index (χ4n) is 3.22. The maximum Gasteiger partial charge on any atom is 0.199 e. The highest BCUT2D eigenvalue weighted by molar-refractivity contribution is 5.50. The number of halogens is 1. The monoisotopic (exact) mass is 322 g/mol. The van der Waals surface area contributed by atoms with E-state index in [-0.39, 0.29) is 5.82 Å². The number of benzene rings is 2. The first kappa shape index (κ1) is 14.9. The van der Waals surface area contributed by atoms with E-state index >= 15 is 0 Å². The van der Waals surface area contributed by atoms with Crippen molar-refractivity contribution < 1.29 is 8.81 Å². The Morgan fingerprint density at radius 3 is 2.79 bits per heavy atom. The summed E-state index contributed by atoms with van der Waals surface area (Å²) < 4.78 is 19.6. The average molecular weight is 322 g/mol. The van der Waals surface area contributed by atoms with E-state index in [1.54, 1.807) is 12.1 Å². The van der Waals surface area contributed by atoms with Gasteiger partial charge >= 0.3 is 0 Å². The highest BCUT2D eigenvalue weighted by atomic mass is 19.1. The topological polar surface area (TPSA) is 29.3 Å². The second-order valence-electron chi connectivity index (χ2n) is 6.30. The van der Waals surface area contributed by atoms with Crippen LogP contribution < -0.4 is 4.90 Å². The van der Waals surface area contributed by atoms with Crippen LogP contribution in [0.2, 0.25) is 0 Å². The first-order valence-electron chi connectivity index (χ1n) is 8.21. The molecule has 0 spiro atoms.